The van der Waals surface area contributed by atoms with Gasteiger partial charge in [0.15, 0.2) is 6.10 Å². The van der Waals surface area contributed by atoms with Crippen molar-refractivity contribution in [1.29, 1.82) is 0 Å². The summed E-state index contributed by atoms with van der Waals surface area (Å²) in [5.74, 6) is 0.481. The lowest BCUT2D eigenvalue weighted by Crippen LogP contribution is -2.30. The normalized spacial score (nSPS) is 11.9. The molecule has 2 rings (SSSR count). The maximum absolute atomic E-state index is 12.3. The third kappa shape index (κ3) is 4.01. The minimum Gasteiger partial charge on any atom is -0.481 e. The van der Waals surface area contributed by atoms with E-state index in [2.05, 4.69) is 5.32 Å². The second-order valence-corrected chi connectivity index (χ2v) is 5.91. The molecule has 3 nitrogen and oxygen atoms in total. The van der Waals surface area contributed by atoms with E-state index in [1.54, 1.807) is 19.1 Å². The lowest BCUT2D eigenvalue weighted by Gasteiger charge is -2.17. The fourth-order valence-corrected chi connectivity index (χ4v) is 2.40. The minimum absolute atomic E-state index is 0.179. The molecule has 2 aromatic rings. The first-order valence-corrected chi connectivity index (χ1v) is 7.55. The standard InChI is InChI=1S/C18H20ClNO2/c1-11-5-7-16(12(2)9-11)20-18(21)14(4)22-17-8-6-15(19)10-13(17)3/h5-10,14H,1-4H3,(H,20,21)/t14-/m0/s1. The Kier molecular flexibility index (Phi) is 5.09. The van der Waals surface area contributed by atoms with Crippen LogP contribution >= 0.6 is 11.6 Å². The summed E-state index contributed by atoms with van der Waals surface area (Å²) in [6.07, 6.45) is -0.597. The number of halogens is 1. The number of ether oxygens (including phenoxy) is 1. The van der Waals surface area contributed by atoms with E-state index < -0.39 is 6.10 Å². The highest BCUT2D eigenvalue weighted by Crippen LogP contribution is 2.23. The second-order valence-electron chi connectivity index (χ2n) is 5.48. The van der Waals surface area contributed by atoms with Gasteiger partial charge in [0.05, 0.1) is 0 Å². The molecule has 22 heavy (non-hydrogen) atoms. The van der Waals surface area contributed by atoms with Crippen molar-refractivity contribution in [3.8, 4) is 5.75 Å². The number of hydrogen-bond acceptors (Lipinski definition) is 2. The Balaban J connectivity index is 2.05. The summed E-state index contributed by atoms with van der Waals surface area (Å²) in [5.41, 5.74) is 3.90. The minimum atomic E-state index is -0.597. The van der Waals surface area contributed by atoms with Gasteiger partial charge < -0.3 is 10.1 Å². The zero-order valence-corrected chi connectivity index (χ0v) is 14.0. The average Bonchev–Trinajstić information content (AvgIpc) is 2.44. The number of carbonyl (C=O) groups is 1. The summed E-state index contributed by atoms with van der Waals surface area (Å²) in [7, 11) is 0. The third-order valence-electron chi connectivity index (χ3n) is 3.45. The van der Waals surface area contributed by atoms with Gasteiger partial charge in [0.25, 0.3) is 5.91 Å². The largest absolute Gasteiger partial charge is 0.481 e. The van der Waals surface area contributed by atoms with Crippen molar-refractivity contribution >= 4 is 23.2 Å². The molecule has 0 fully saturated rings. The van der Waals surface area contributed by atoms with Crippen LogP contribution in [0.4, 0.5) is 5.69 Å². The van der Waals surface area contributed by atoms with Crippen molar-refractivity contribution < 1.29 is 9.53 Å². The lowest BCUT2D eigenvalue weighted by atomic mass is 10.1. The maximum Gasteiger partial charge on any atom is 0.265 e. The van der Waals surface area contributed by atoms with Crippen LogP contribution in [-0.4, -0.2) is 12.0 Å². The fraction of sp³-hybridized carbons (Fsp3) is 0.278. The zero-order chi connectivity index (χ0) is 16.3. The van der Waals surface area contributed by atoms with Crippen molar-refractivity contribution in [2.45, 2.75) is 33.8 Å². The molecule has 0 unspecified atom stereocenters. The molecule has 0 aliphatic heterocycles. The fourth-order valence-electron chi connectivity index (χ4n) is 2.18. The molecule has 0 radical (unpaired) electrons. The van der Waals surface area contributed by atoms with E-state index >= 15 is 0 Å². The molecule has 0 aliphatic carbocycles. The Hall–Kier alpha value is -2.00. The van der Waals surface area contributed by atoms with Crippen LogP contribution < -0.4 is 10.1 Å². The van der Waals surface area contributed by atoms with E-state index in [4.69, 9.17) is 16.3 Å². The first-order valence-electron chi connectivity index (χ1n) is 7.18. The van der Waals surface area contributed by atoms with Crippen LogP contribution in [0.25, 0.3) is 0 Å². The van der Waals surface area contributed by atoms with Gasteiger partial charge >= 0.3 is 0 Å². The molecule has 0 spiro atoms. The molecule has 0 saturated heterocycles. The van der Waals surface area contributed by atoms with Crippen molar-refractivity contribution in [3.05, 3.63) is 58.1 Å². The van der Waals surface area contributed by atoms with E-state index in [1.165, 1.54) is 0 Å². The van der Waals surface area contributed by atoms with Gasteiger partial charge in [-0.2, -0.15) is 0 Å². The molecule has 0 heterocycles. The summed E-state index contributed by atoms with van der Waals surface area (Å²) in [5, 5.41) is 3.55. The van der Waals surface area contributed by atoms with Crippen molar-refractivity contribution in [2.24, 2.45) is 0 Å². The Labute approximate surface area is 136 Å². The molecule has 1 N–H and O–H groups in total. The molecule has 116 valence electrons. The number of nitrogens with one attached hydrogen (secondary N) is 1. The van der Waals surface area contributed by atoms with Crippen LogP contribution in [0.5, 0.6) is 5.75 Å². The Bertz CT molecular complexity index is 697. The molecule has 0 bridgehead atoms. The third-order valence-corrected chi connectivity index (χ3v) is 3.68. The average molecular weight is 318 g/mol. The smallest absolute Gasteiger partial charge is 0.265 e. The molecular formula is C18H20ClNO2. The highest BCUT2D eigenvalue weighted by atomic mass is 35.5. The highest BCUT2D eigenvalue weighted by molar-refractivity contribution is 6.30. The molecule has 0 aromatic heterocycles. The second kappa shape index (κ2) is 6.84. The number of anilines is 1. The van der Waals surface area contributed by atoms with Gasteiger partial charge in [-0.05, 0) is 63.1 Å². The van der Waals surface area contributed by atoms with Gasteiger partial charge in [-0.3, -0.25) is 4.79 Å². The molecule has 1 atom stereocenters. The van der Waals surface area contributed by atoms with Crippen LogP contribution in [-0.2, 0) is 4.79 Å². The molecule has 0 saturated carbocycles. The van der Waals surface area contributed by atoms with Crippen LogP contribution in [0.2, 0.25) is 5.02 Å². The van der Waals surface area contributed by atoms with Gasteiger partial charge in [-0.15, -0.1) is 0 Å². The van der Waals surface area contributed by atoms with Crippen LogP contribution in [0.1, 0.15) is 23.6 Å². The van der Waals surface area contributed by atoms with E-state index in [1.807, 2.05) is 45.0 Å². The van der Waals surface area contributed by atoms with E-state index in [0.717, 1.165) is 22.4 Å². The summed E-state index contributed by atoms with van der Waals surface area (Å²) in [6, 6.07) is 11.2. The molecule has 4 heteroatoms. The number of amides is 1. The Morgan fingerprint density at radius 2 is 1.82 bits per heavy atom. The number of aryl methyl sites for hydroxylation is 3. The number of hydrogen-bond donors (Lipinski definition) is 1. The maximum atomic E-state index is 12.3. The number of carbonyl (C=O) groups excluding carboxylic acids is 1. The van der Waals surface area contributed by atoms with Crippen LogP contribution in [0, 0.1) is 20.8 Å². The van der Waals surface area contributed by atoms with Crippen LogP contribution in [0.15, 0.2) is 36.4 Å². The van der Waals surface area contributed by atoms with Gasteiger partial charge in [-0.25, -0.2) is 0 Å². The van der Waals surface area contributed by atoms with Crippen molar-refractivity contribution in [3.63, 3.8) is 0 Å². The van der Waals surface area contributed by atoms with Gasteiger partial charge in [0, 0.05) is 10.7 Å². The first-order chi connectivity index (χ1) is 10.4. The highest BCUT2D eigenvalue weighted by Gasteiger charge is 2.16. The number of rotatable bonds is 4. The Morgan fingerprint density at radius 1 is 1.09 bits per heavy atom. The number of benzene rings is 2. The Morgan fingerprint density at radius 3 is 2.45 bits per heavy atom. The van der Waals surface area contributed by atoms with Crippen molar-refractivity contribution in [1.82, 2.24) is 0 Å². The summed E-state index contributed by atoms with van der Waals surface area (Å²) < 4.78 is 5.73. The summed E-state index contributed by atoms with van der Waals surface area (Å²) in [6.45, 7) is 7.62. The quantitative estimate of drug-likeness (QED) is 0.889. The zero-order valence-electron chi connectivity index (χ0n) is 13.2. The van der Waals surface area contributed by atoms with E-state index in [9.17, 15) is 4.79 Å². The van der Waals surface area contributed by atoms with Gasteiger partial charge in [-0.1, -0.05) is 29.3 Å². The molecule has 1 amide bonds. The monoisotopic (exact) mass is 317 g/mol. The summed E-state index contributed by atoms with van der Waals surface area (Å²) >= 11 is 5.92. The van der Waals surface area contributed by atoms with Crippen LogP contribution in [0.3, 0.4) is 0 Å². The lowest BCUT2D eigenvalue weighted by molar-refractivity contribution is -0.122. The van der Waals surface area contributed by atoms with Gasteiger partial charge in [0.1, 0.15) is 5.75 Å². The topological polar surface area (TPSA) is 38.3 Å². The predicted molar refractivity (Wildman–Crippen MR) is 90.8 cm³/mol. The van der Waals surface area contributed by atoms with Crippen molar-refractivity contribution in [2.75, 3.05) is 5.32 Å². The summed E-state index contributed by atoms with van der Waals surface area (Å²) in [4.78, 5) is 12.3. The SMILES string of the molecule is Cc1ccc(NC(=O)[C@H](C)Oc2ccc(Cl)cc2C)c(C)c1. The van der Waals surface area contributed by atoms with E-state index in [-0.39, 0.29) is 5.91 Å². The predicted octanol–water partition coefficient (Wildman–Crippen LogP) is 4.67. The molecule has 2 aromatic carbocycles. The first kappa shape index (κ1) is 16.4. The molecular weight excluding hydrogens is 298 g/mol. The van der Waals surface area contributed by atoms with Gasteiger partial charge in [0.2, 0.25) is 0 Å². The molecule has 0 aliphatic rings. The van der Waals surface area contributed by atoms with E-state index in [0.29, 0.717) is 10.8 Å².